The summed E-state index contributed by atoms with van der Waals surface area (Å²) in [5.74, 6) is 5.93. The number of rotatable bonds is 12. The topological polar surface area (TPSA) is 153 Å². The van der Waals surface area contributed by atoms with E-state index in [9.17, 15) is 19.5 Å². The van der Waals surface area contributed by atoms with Crippen molar-refractivity contribution in [3.63, 3.8) is 0 Å². The SMILES string of the molecule is C=C(N/N=N\N)C(=O)OCC[C@]12CC[C@@H](C(=C)C)[C@@H]1[C@H]1CC[C@@H]3[C@@]4(C)CC[C@H](OC(=O)CC(C)(C)CC(=O)O)C(C)(C)[C@@H]4CC[C@@]3(C)[C@]1(C)CC2. The second-order valence-corrected chi connectivity index (χ2v) is 19.5. The molecule has 0 unspecified atom stereocenters. The Kier molecular flexibility index (Phi) is 10.6. The van der Waals surface area contributed by atoms with E-state index in [4.69, 9.17) is 15.3 Å². The molecule has 0 amide bonds. The Morgan fingerprint density at radius 2 is 1.61 bits per heavy atom. The molecule has 4 N–H and O–H groups in total. The van der Waals surface area contributed by atoms with Gasteiger partial charge in [0.1, 0.15) is 11.8 Å². The molecule has 0 bridgehead atoms. The zero-order chi connectivity index (χ0) is 37.8. The highest BCUT2D eigenvalue weighted by Crippen LogP contribution is 2.78. The number of esters is 2. The van der Waals surface area contributed by atoms with Crippen molar-refractivity contribution in [3.8, 4) is 0 Å². The smallest absolute Gasteiger partial charge is 0.355 e. The van der Waals surface area contributed by atoms with Crippen LogP contribution in [0, 0.1) is 62.1 Å². The molecule has 51 heavy (non-hydrogen) atoms. The molecule has 5 aliphatic carbocycles. The Morgan fingerprint density at radius 1 is 0.902 bits per heavy atom. The van der Waals surface area contributed by atoms with Gasteiger partial charge < -0.3 is 20.4 Å². The second-order valence-electron chi connectivity index (χ2n) is 19.5. The molecular formula is C41H66N4O6. The summed E-state index contributed by atoms with van der Waals surface area (Å²) >= 11 is 0. The highest BCUT2D eigenvalue weighted by Gasteiger charge is 2.71. The van der Waals surface area contributed by atoms with Crippen LogP contribution in [0.4, 0.5) is 0 Å². The van der Waals surface area contributed by atoms with E-state index < -0.39 is 17.4 Å². The fourth-order valence-electron chi connectivity index (χ4n) is 13.5. The van der Waals surface area contributed by atoms with Gasteiger partial charge in [0.2, 0.25) is 0 Å². The minimum absolute atomic E-state index is 0.0195. The van der Waals surface area contributed by atoms with Crippen molar-refractivity contribution in [1.29, 1.82) is 0 Å². The van der Waals surface area contributed by atoms with Gasteiger partial charge in [-0.1, -0.05) is 77.6 Å². The zero-order valence-corrected chi connectivity index (χ0v) is 32.7. The number of carbonyl (C=O) groups is 3. The molecule has 0 aromatic rings. The van der Waals surface area contributed by atoms with E-state index in [0.717, 1.165) is 44.9 Å². The fraction of sp³-hybridized carbons (Fsp3) is 0.829. The first-order valence-electron chi connectivity index (χ1n) is 19.5. The first-order valence-corrected chi connectivity index (χ1v) is 19.5. The summed E-state index contributed by atoms with van der Waals surface area (Å²) in [6.45, 7) is 26.9. The molecule has 0 aromatic heterocycles. The predicted octanol–water partition coefficient (Wildman–Crippen LogP) is 8.72. The van der Waals surface area contributed by atoms with Crippen molar-refractivity contribution >= 4 is 17.9 Å². The van der Waals surface area contributed by atoms with Gasteiger partial charge in [-0.25, -0.2) is 4.79 Å². The molecule has 10 atom stereocenters. The first kappa shape index (κ1) is 39.3. The number of nitrogens with two attached hydrogens (primary N) is 1. The van der Waals surface area contributed by atoms with Gasteiger partial charge in [-0.05, 0) is 134 Å². The van der Waals surface area contributed by atoms with Gasteiger partial charge in [0.15, 0.2) is 0 Å². The molecule has 0 radical (unpaired) electrons. The van der Waals surface area contributed by atoms with Crippen LogP contribution in [0.3, 0.4) is 0 Å². The largest absolute Gasteiger partial charge is 0.481 e. The summed E-state index contributed by atoms with van der Waals surface area (Å²) in [4.78, 5) is 37.2. The first-order chi connectivity index (χ1) is 23.7. The van der Waals surface area contributed by atoms with E-state index in [0.29, 0.717) is 36.2 Å². The molecule has 0 spiro atoms. The van der Waals surface area contributed by atoms with Crippen LogP contribution in [0.15, 0.2) is 34.9 Å². The average molecular weight is 711 g/mol. The Labute approximate surface area is 306 Å². The Morgan fingerprint density at radius 3 is 2.25 bits per heavy atom. The summed E-state index contributed by atoms with van der Waals surface area (Å²) in [6, 6.07) is 0. The number of carbonyl (C=O) groups excluding carboxylic acids is 2. The van der Waals surface area contributed by atoms with E-state index in [1.807, 2.05) is 13.8 Å². The number of aliphatic carboxylic acids is 1. The molecule has 0 aliphatic heterocycles. The van der Waals surface area contributed by atoms with Crippen LogP contribution < -0.4 is 11.3 Å². The summed E-state index contributed by atoms with van der Waals surface area (Å²) in [5, 5.41) is 15.9. The lowest BCUT2D eigenvalue weighted by Crippen LogP contribution is -2.66. The number of nitrogens with one attached hydrogen (secondary N) is 1. The quantitative estimate of drug-likeness (QED) is 0.0454. The van der Waals surface area contributed by atoms with Crippen LogP contribution in [0.1, 0.15) is 139 Å². The molecule has 10 nitrogen and oxygen atoms in total. The molecule has 5 aliphatic rings. The lowest BCUT2D eigenvalue weighted by molar-refractivity contribution is -0.251. The Bertz CT molecular complexity index is 1440. The normalized spacial score (nSPS) is 39.8. The number of carboxylic acid groups (broad SMARTS) is 1. The Hall–Kier alpha value is -2.91. The molecule has 5 rings (SSSR count). The maximum atomic E-state index is 13.2. The van der Waals surface area contributed by atoms with E-state index in [-0.39, 0.29) is 57.7 Å². The third kappa shape index (κ3) is 6.75. The van der Waals surface area contributed by atoms with Crippen molar-refractivity contribution < 1.29 is 29.0 Å². The summed E-state index contributed by atoms with van der Waals surface area (Å²) in [6.07, 6.45) is 11.9. The summed E-state index contributed by atoms with van der Waals surface area (Å²) in [7, 11) is 0. The fourth-order valence-corrected chi connectivity index (χ4v) is 13.5. The molecule has 5 saturated carbocycles. The number of allylic oxidation sites excluding steroid dienone is 1. The van der Waals surface area contributed by atoms with Crippen LogP contribution in [-0.2, 0) is 23.9 Å². The van der Waals surface area contributed by atoms with E-state index in [2.05, 4.69) is 70.6 Å². The van der Waals surface area contributed by atoms with Crippen molar-refractivity contribution in [3.05, 3.63) is 24.4 Å². The maximum Gasteiger partial charge on any atom is 0.355 e. The average Bonchev–Trinajstić information content (AvgIpc) is 3.40. The summed E-state index contributed by atoms with van der Waals surface area (Å²) < 4.78 is 12.0. The summed E-state index contributed by atoms with van der Waals surface area (Å²) in [5.41, 5.74) is 3.53. The molecule has 0 heterocycles. The molecule has 5 fully saturated rings. The predicted molar refractivity (Wildman–Crippen MR) is 196 cm³/mol. The van der Waals surface area contributed by atoms with Crippen LogP contribution in [0.5, 0.6) is 0 Å². The lowest BCUT2D eigenvalue weighted by atomic mass is 9.32. The van der Waals surface area contributed by atoms with E-state index in [1.54, 1.807) is 0 Å². The van der Waals surface area contributed by atoms with E-state index in [1.165, 1.54) is 31.3 Å². The van der Waals surface area contributed by atoms with Gasteiger partial charge in [-0.15, -0.1) is 0 Å². The molecule has 10 heteroatoms. The molecule has 0 aromatic carbocycles. The van der Waals surface area contributed by atoms with Crippen molar-refractivity contribution in [2.75, 3.05) is 6.61 Å². The molecule has 286 valence electrons. The maximum absolute atomic E-state index is 13.2. The van der Waals surface area contributed by atoms with Gasteiger partial charge in [0, 0.05) is 5.41 Å². The minimum Gasteiger partial charge on any atom is -0.481 e. The number of hydrogen-bond acceptors (Lipinski definition) is 7. The number of fused-ring (bicyclic) bond motifs is 7. The van der Waals surface area contributed by atoms with Gasteiger partial charge >= 0.3 is 17.9 Å². The standard InChI is InChI=1S/C41H66N4O6/c1-25(2)27-13-18-41(21-22-50-35(49)26(3)43-45-44-42)20-19-39(9)28(34(27)41)11-12-30-38(8)16-15-31(37(6,7)29(38)14-17-40(30,39)10)51-33(48)24-36(4,5)23-32(46)47/h27-31,34H,1,3,11-24H2,2,4-10H3,(H2,42,45)(H,43,44)(H,46,47)/t27-,28+,29-,30+,31-,34+,38-,39+,40+,41+/m0/s1. The highest BCUT2D eigenvalue weighted by molar-refractivity contribution is 5.86. The van der Waals surface area contributed by atoms with E-state index >= 15 is 0 Å². The molecular weight excluding hydrogens is 644 g/mol. The van der Waals surface area contributed by atoms with Gasteiger partial charge in [0.05, 0.1) is 19.4 Å². The minimum atomic E-state index is -0.893. The van der Waals surface area contributed by atoms with Crippen molar-refractivity contribution in [2.24, 2.45) is 78.4 Å². The van der Waals surface area contributed by atoms with Crippen LogP contribution in [0.2, 0.25) is 0 Å². The molecule has 0 saturated heterocycles. The van der Waals surface area contributed by atoms with Gasteiger partial charge in [-0.2, -0.15) is 0 Å². The van der Waals surface area contributed by atoms with Gasteiger partial charge in [0.25, 0.3) is 0 Å². The van der Waals surface area contributed by atoms with Crippen molar-refractivity contribution in [2.45, 2.75) is 145 Å². The third-order valence-corrected chi connectivity index (χ3v) is 16.0. The third-order valence-electron chi connectivity index (χ3n) is 16.0. The van der Waals surface area contributed by atoms with Crippen LogP contribution in [0.25, 0.3) is 0 Å². The number of carboxylic acids is 1. The second kappa shape index (κ2) is 13.8. The number of nitrogens with zero attached hydrogens (tertiary/aromatic N) is 2. The highest BCUT2D eigenvalue weighted by atomic mass is 16.5. The van der Waals surface area contributed by atoms with Crippen molar-refractivity contribution in [1.82, 2.24) is 5.43 Å². The Balaban J connectivity index is 1.35. The van der Waals surface area contributed by atoms with Crippen LogP contribution in [-0.4, -0.2) is 35.7 Å². The number of ether oxygens (including phenoxy) is 2. The van der Waals surface area contributed by atoms with Gasteiger partial charge in [-0.3, -0.25) is 15.0 Å². The monoisotopic (exact) mass is 710 g/mol. The van der Waals surface area contributed by atoms with Crippen LogP contribution >= 0.6 is 0 Å². The lowest BCUT2D eigenvalue weighted by Gasteiger charge is -2.73. The number of hydrogen-bond donors (Lipinski definition) is 3. The zero-order valence-electron chi connectivity index (χ0n) is 32.7.